The SMILES string of the molecule is Cc1nc(C)c(C(C)NC(=O)C2(C(N)=NO)CC2)s1. The predicted octanol–water partition coefficient (Wildman–Crippen LogP) is 1.46. The Morgan fingerprint density at radius 3 is 2.63 bits per heavy atom. The van der Waals surface area contributed by atoms with Crippen molar-refractivity contribution in [1.29, 1.82) is 0 Å². The summed E-state index contributed by atoms with van der Waals surface area (Å²) in [6, 6.07) is -0.123. The molecule has 0 radical (unpaired) electrons. The summed E-state index contributed by atoms with van der Waals surface area (Å²) in [5.74, 6) is -0.185. The molecule has 0 spiro atoms. The summed E-state index contributed by atoms with van der Waals surface area (Å²) in [6.45, 7) is 5.78. The standard InChI is InChI=1S/C12H18N4O2S/c1-6-9(19-8(3)14-6)7(2)15-11(17)12(4-5-12)10(13)16-18/h7,18H,4-5H2,1-3H3,(H2,13,16)(H,15,17). The first-order chi connectivity index (χ1) is 8.90. The Bertz CT molecular complexity index is 534. The quantitative estimate of drug-likeness (QED) is 0.337. The number of carbonyl (C=O) groups excluding carboxylic acids is 1. The molecule has 0 bridgehead atoms. The van der Waals surface area contributed by atoms with Crippen LogP contribution in [0.4, 0.5) is 0 Å². The molecular weight excluding hydrogens is 264 g/mol. The lowest BCUT2D eigenvalue weighted by atomic mass is 10.0. The Balaban J connectivity index is 2.10. The molecule has 0 aliphatic heterocycles. The third kappa shape index (κ3) is 2.42. The number of aryl methyl sites for hydroxylation is 2. The minimum absolute atomic E-state index is 0.00518. The van der Waals surface area contributed by atoms with Crippen molar-refractivity contribution in [2.24, 2.45) is 16.3 Å². The molecule has 1 saturated carbocycles. The van der Waals surface area contributed by atoms with Crippen molar-refractivity contribution in [2.45, 2.75) is 39.7 Å². The molecule has 1 amide bonds. The van der Waals surface area contributed by atoms with Crippen molar-refractivity contribution in [1.82, 2.24) is 10.3 Å². The first kappa shape index (κ1) is 13.8. The molecular formula is C12H18N4O2S. The highest BCUT2D eigenvalue weighted by molar-refractivity contribution is 7.11. The molecule has 1 atom stereocenters. The van der Waals surface area contributed by atoms with Gasteiger partial charge in [0.15, 0.2) is 5.84 Å². The lowest BCUT2D eigenvalue weighted by molar-refractivity contribution is -0.124. The van der Waals surface area contributed by atoms with Crippen LogP contribution in [0, 0.1) is 19.3 Å². The summed E-state index contributed by atoms with van der Waals surface area (Å²) < 4.78 is 0. The number of carbonyl (C=O) groups is 1. The lowest BCUT2D eigenvalue weighted by Crippen LogP contribution is -2.41. The van der Waals surface area contributed by atoms with Gasteiger partial charge in [-0.2, -0.15) is 0 Å². The van der Waals surface area contributed by atoms with E-state index in [-0.39, 0.29) is 17.8 Å². The normalized spacial score (nSPS) is 19.0. The highest BCUT2D eigenvalue weighted by Gasteiger charge is 2.54. The Labute approximate surface area is 115 Å². The monoisotopic (exact) mass is 282 g/mol. The van der Waals surface area contributed by atoms with Crippen molar-refractivity contribution in [3.05, 3.63) is 15.6 Å². The molecule has 1 heterocycles. The van der Waals surface area contributed by atoms with Gasteiger partial charge >= 0.3 is 0 Å². The average Bonchev–Trinajstić information content (AvgIpc) is 3.09. The van der Waals surface area contributed by atoms with Gasteiger partial charge in [-0.05, 0) is 33.6 Å². The van der Waals surface area contributed by atoms with Crippen LogP contribution in [0.3, 0.4) is 0 Å². The number of thiazole rings is 1. The first-order valence-corrected chi connectivity index (χ1v) is 6.95. The van der Waals surface area contributed by atoms with Crippen LogP contribution in [0.5, 0.6) is 0 Å². The number of nitrogens with two attached hydrogens (primary N) is 1. The molecule has 1 aliphatic rings. The van der Waals surface area contributed by atoms with E-state index in [1.54, 1.807) is 11.3 Å². The van der Waals surface area contributed by atoms with Gasteiger partial charge in [-0.1, -0.05) is 5.16 Å². The molecule has 104 valence electrons. The van der Waals surface area contributed by atoms with E-state index < -0.39 is 5.41 Å². The maximum absolute atomic E-state index is 12.2. The number of hydrogen-bond donors (Lipinski definition) is 3. The van der Waals surface area contributed by atoms with Crippen molar-refractivity contribution in [2.75, 3.05) is 0 Å². The zero-order valence-electron chi connectivity index (χ0n) is 11.2. The first-order valence-electron chi connectivity index (χ1n) is 6.13. The van der Waals surface area contributed by atoms with Gasteiger partial charge in [0, 0.05) is 4.88 Å². The van der Waals surface area contributed by atoms with E-state index in [9.17, 15) is 4.79 Å². The second-order valence-electron chi connectivity index (χ2n) is 4.95. The number of nitrogens with zero attached hydrogens (tertiary/aromatic N) is 2. The van der Waals surface area contributed by atoms with Gasteiger partial charge in [-0.25, -0.2) is 4.98 Å². The van der Waals surface area contributed by atoms with Crippen molar-refractivity contribution < 1.29 is 10.0 Å². The molecule has 19 heavy (non-hydrogen) atoms. The summed E-state index contributed by atoms with van der Waals surface area (Å²) in [4.78, 5) is 17.6. The molecule has 0 saturated heterocycles. The largest absolute Gasteiger partial charge is 0.409 e. The molecule has 1 fully saturated rings. The Morgan fingerprint density at radius 2 is 2.21 bits per heavy atom. The van der Waals surface area contributed by atoms with Crippen LogP contribution in [-0.2, 0) is 4.79 Å². The Kier molecular flexibility index (Phi) is 3.49. The number of hydrogen-bond acceptors (Lipinski definition) is 5. The third-order valence-electron chi connectivity index (χ3n) is 3.46. The van der Waals surface area contributed by atoms with Crippen LogP contribution in [-0.4, -0.2) is 21.9 Å². The summed E-state index contributed by atoms with van der Waals surface area (Å²) in [7, 11) is 0. The molecule has 6 nitrogen and oxygen atoms in total. The Morgan fingerprint density at radius 1 is 1.58 bits per heavy atom. The molecule has 1 unspecified atom stereocenters. The van der Waals surface area contributed by atoms with Crippen LogP contribution >= 0.6 is 11.3 Å². The zero-order valence-corrected chi connectivity index (χ0v) is 12.0. The van der Waals surface area contributed by atoms with Crippen molar-refractivity contribution >= 4 is 23.1 Å². The molecule has 2 rings (SSSR count). The fourth-order valence-electron chi connectivity index (χ4n) is 2.17. The van der Waals surface area contributed by atoms with Gasteiger partial charge < -0.3 is 16.3 Å². The second kappa shape index (κ2) is 4.80. The van der Waals surface area contributed by atoms with E-state index in [1.807, 2.05) is 20.8 Å². The van der Waals surface area contributed by atoms with Gasteiger partial charge in [-0.15, -0.1) is 11.3 Å². The predicted molar refractivity (Wildman–Crippen MR) is 73.2 cm³/mol. The topological polar surface area (TPSA) is 101 Å². The fourth-order valence-corrected chi connectivity index (χ4v) is 3.10. The number of oxime groups is 1. The van der Waals surface area contributed by atoms with Gasteiger partial charge in [0.25, 0.3) is 0 Å². The van der Waals surface area contributed by atoms with Crippen LogP contribution < -0.4 is 11.1 Å². The lowest BCUT2D eigenvalue weighted by Gasteiger charge is -2.18. The maximum atomic E-state index is 12.2. The van der Waals surface area contributed by atoms with E-state index in [2.05, 4.69) is 15.5 Å². The van der Waals surface area contributed by atoms with Crippen LogP contribution in [0.25, 0.3) is 0 Å². The zero-order chi connectivity index (χ0) is 14.2. The minimum atomic E-state index is -0.809. The molecule has 4 N–H and O–H groups in total. The van der Waals surface area contributed by atoms with Crippen molar-refractivity contribution in [3.63, 3.8) is 0 Å². The summed E-state index contributed by atoms with van der Waals surface area (Å²) in [5.41, 5.74) is 5.72. The van der Waals surface area contributed by atoms with Crippen molar-refractivity contribution in [3.8, 4) is 0 Å². The molecule has 1 aliphatic carbocycles. The number of aromatic nitrogens is 1. The summed E-state index contributed by atoms with van der Waals surface area (Å²) in [6.07, 6.45) is 1.25. The van der Waals surface area contributed by atoms with E-state index in [1.165, 1.54) is 0 Å². The van der Waals surface area contributed by atoms with Crippen LogP contribution in [0.1, 0.15) is 41.4 Å². The van der Waals surface area contributed by atoms with Gasteiger partial charge in [0.05, 0.1) is 16.7 Å². The Hall–Kier alpha value is -1.63. The number of amidine groups is 1. The van der Waals surface area contributed by atoms with E-state index in [0.717, 1.165) is 15.6 Å². The van der Waals surface area contributed by atoms with E-state index in [0.29, 0.717) is 12.8 Å². The van der Waals surface area contributed by atoms with E-state index in [4.69, 9.17) is 10.9 Å². The number of rotatable bonds is 4. The third-order valence-corrected chi connectivity index (χ3v) is 4.72. The fraction of sp³-hybridized carbons (Fsp3) is 0.583. The second-order valence-corrected chi connectivity index (χ2v) is 6.18. The highest BCUT2D eigenvalue weighted by atomic mass is 32.1. The van der Waals surface area contributed by atoms with E-state index >= 15 is 0 Å². The van der Waals surface area contributed by atoms with Gasteiger partial charge in [-0.3, -0.25) is 4.79 Å². The van der Waals surface area contributed by atoms with Crippen LogP contribution in [0.15, 0.2) is 5.16 Å². The molecule has 1 aromatic heterocycles. The smallest absolute Gasteiger partial charge is 0.234 e. The summed E-state index contributed by atoms with van der Waals surface area (Å²) in [5, 5.41) is 15.6. The molecule has 1 aromatic rings. The van der Waals surface area contributed by atoms with Gasteiger partial charge in [0.2, 0.25) is 5.91 Å². The average molecular weight is 282 g/mol. The highest BCUT2D eigenvalue weighted by Crippen LogP contribution is 2.46. The number of nitrogens with one attached hydrogen (secondary N) is 1. The van der Waals surface area contributed by atoms with Crippen LogP contribution in [0.2, 0.25) is 0 Å². The number of amides is 1. The molecule has 0 aromatic carbocycles. The minimum Gasteiger partial charge on any atom is -0.409 e. The van der Waals surface area contributed by atoms with Gasteiger partial charge in [0.1, 0.15) is 5.41 Å². The molecule has 7 heteroatoms. The maximum Gasteiger partial charge on any atom is 0.234 e. The summed E-state index contributed by atoms with van der Waals surface area (Å²) >= 11 is 1.57.